The zero-order valence-corrected chi connectivity index (χ0v) is 10.1. The summed E-state index contributed by atoms with van der Waals surface area (Å²) in [5.41, 5.74) is 1.94. The van der Waals surface area contributed by atoms with Gasteiger partial charge in [0.25, 0.3) is 0 Å². The highest BCUT2D eigenvalue weighted by molar-refractivity contribution is 9.10. The van der Waals surface area contributed by atoms with E-state index >= 15 is 0 Å². The summed E-state index contributed by atoms with van der Waals surface area (Å²) in [7, 11) is 0. The van der Waals surface area contributed by atoms with Crippen molar-refractivity contribution in [3.8, 4) is 5.75 Å². The van der Waals surface area contributed by atoms with Crippen LogP contribution >= 0.6 is 15.9 Å². The summed E-state index contributed by atoms with van der Waals surface area (Å²) in [6.07, 6.45) is 0.398. The van der Waals surface area contributed by atoms with E-state index in [0.29, 0.717) is 12.2 Å². The Morgan fingerprint density at radius 1 is 1.36 bits per heavy atom. The molecular formula is C11H13BrO2. The van der Waals surface area contributed by atoms with Gasteiger partial charge in [0.2, 0.25) is 0 Å². The molecule has 0 aliphatic carbocycles. The second kappa shape index (κ2) is 4.60. The fourth-order valence-corrected chi connectivity index (χ4v) is 1.93. The van der Waals surface area contributed by atoms with E-state index in [2.05, 4.69) is 15.9 Å². The lowest BCUT2D eigenvalue weighted by Gasteiger charge is -2.10. The molecule has 14 heavy (non-hydrogen) atoms. The molecule has 0 aromatic heterocycles. The quantitative estimate of drug-likeness (QED) is 0.599. The molecule has 2 nitrogen and oxygen atoms in total. The second-order valence-corrected chi connectivity index (χ2v) is 4.11. The van der Waals surface area contributed by atoms with Crippen LogP contribution in [0.3, 0.4) is 0 Å². The molecular weight excluding hydrogens is 244 g/mol. The molecule has 0 unspecified atom stereocenters. The summed E-state index contributed by atoms with van der Waals surface area (Å²) >= 11 is 3.39. The van der Waals surface area contributed by atoms with Crippen molar-refractivity contribution in [3.63, 3.8) is 0 Å². The normalized spacial score (nSPS) is 10.0. The molecule has 76 valence electrons. The molecule has 0 spiro atoms. The Labute approximate surface area is 92.4 Å². The van der Waals surface area contributed by atoms with Crippen LogP contribution in [0.25, 0.3) is 0 Å². The highest BCUT2D eigenvalue weighted by atomic mass is 79.9. The average Bonchev–Trinajstić information content (AvgIpc) is 2.10. The van der Waals surface area contributed by atoms with Crippen LogP contribution in [-0.4, -0.2) is 5.97 Å². The molecule has 1 rings (SSSR count). The van der Waals surface area contributed by atoms with Crippen molar-refractivity contribution < 1.29 is 9.53 Å². The number of benzene rings is 1. The maximum Gasteiger partial charge on any atom is 0.310 e. The van der Waals surface area contributed by atoms with Gasteiger partial charge >= 0.3 is 5.97 Å². The van der Waals surface area contributed by atoms with Crippen molar-refractivity contribution in [3.05, 3.63) is 27.7 Å². The van der Waals surface area contributed by atoms with Crippen molar-refractivity contribution in [2.24, 2.45) is 0 Å². The van der Waals surface area contributed by atoms with Crippen LogP contribution in [0.5, 0.6) is 5.75 Å². The number of carbonyl (C=O) groups is 1. The molecule has 0 amide bonds. The minimum atomic E-state index is -0.196. The lowest BCUT2D eigenvalue weighted by Crippen LogP contribution is -2.07. The Morgan fingerprint density at radius 3 is 2.29 bits per heavy atom. The van der Waals surface area contributed by atoms with Crippen LogP contribution in [0.4, 0.5) is 0 Å². The number of aryl methyl sites for hydroxylation is 2. The summed E-state index contributed by atoms with van der Waals surface area (Å²) in [6, 6.07) is 3.87. The minimum Gasteiger partial charge on any atom is -0.426 e. The summed E-state index contributed by atoms with van der Waals surface area (Å²) < 4.78 is 6.22. The molecule has 1 aromatic carbocycles. The fraction of sp³-hybridized carbons (Fsp3) is 0.364. The summed E-state index contributed by atoms with van der Waals surface area (Å²) in [4.78, 5) is 11.1. The Kier molecular flexibility index (Phi) is 3.69. The van der Waals surface area contributed by atoms with E-state index < -0.39 is 0 Å². The third-order valence-electron chi connectivity index (χ3n) is 1.93. The van der Waals surface area contributed by atoms with E-state index in [-0.39, 0.29) is 5.97 Å². The predicted octanol–water partition coefficient (Wildman–Crippen LogP) is 3.38. The fourth-order valence-electron chi connectivity index (χ4n) is 1.24. The maximum absolute atomic E-state index is 11.1. The van der Waals surface area contributed by atoms with E-state index in [4.69, 9.17) is 4.74 Å². The minimum absolute atomic E-state index is 0.196. The zero-order chi connectivity index (χ0) is 10.7. The standard InChI is InChI=1S/C11H13BrO2/c1-4-10(13)14-11-7(2)5-9(12)6-8(11)3/h5-6H,4H2,1-3H3. The molecule has 0 bridgehead atoms. The SMILES string of the molecule is CCC(=O)Oc1c(C)cc(Br)cc1C. The number of halogens is 1. The number of rotatable bonds is 2. The van der Waals surface area contributed by atoms with Gasteiger partial charge in [-0.1, -0.05) is 22.9 Å². The molecule has 0 fully saturated rings. The predicted molar refractivity (Wildman–Crippen MR) is 59.5 cm³/mol. The van der Waals surface area contributed by atoms with E-state index in [1.165, 1.54) is 0 Å². The van der Waals surface area contributed by atoms with E-state index in [1.807, 2.05) is 26.0 Å². The molecule has 0 atom stereocenters. The van der Waals surface area contributed by atoms with Crippen molar-refractivity contribution in [2.45, 2.75) is 27.2 Å². The molecule has 0 N–H and O–H groups in total. The highest BCUT2D eigenvalue weighted by Crippen LogP contribution is 2.27. The van der Waals surface area contributed by atoms with Crippen LogP contribution in [0.15, 0.2) is 16.6 Å². The van der Waals surface area contributed by atoms with Gasteiger partial charge in [0.1, 0.15) is 5.75 Å². The van der Waals surface area contributed by atoms with Crippen molar-refractivity contribution in [1.82, 2.24) is 0 Å². The van der Waals surface area contributed by atoms with Crippen molar-refractivity contribution in [2.75, 3.05) is 0 Å². The Hall–Kier alpha value is -0.830. The van der Waals surface area contributed by atoms with E-state index in [0.717, 1.165) is 15.6 Å². The van der Waals surface area contributed by atoms with Crippen molar-refractivity contribution >= 4 is 21.9 Å². The second-order valence-electron chi connectivity index (χ2n) is 3.20. The van der Waals surface area contributed by atoms with Gasteiger partial charge in [-0.05, 0) is 37.1 Å². The number of ether oxygens (including phenoxy) is 1. The first-order valence-electron chi connectivity index (χ1n) is 4.52. The largest absolute Gasteiger partial charge is 0.426 e. The van der Waals surface area contributed by atoms with Crippen LogP contribution < -0.4 is 4.74 Å². The van der Waals surface area contributed by atoms with E-state index in [1.54, 1.807) is 6.92 Å². The van der Waals surface area contributed by atoms with Crippen molar-refractivity contribution in [1.29, 1.82) is 0 Å². The van der Waals surface area contributed by atoms with Gasteiger partial charge in [-0.2, -0.15) is 0 Å². The summed E-state index contributed by atoms with van der Waals surface area (Å²) in [5.74, 6) is 0.485. The summed E-state index contributed by atoms with van der Waals surface area (Å²) in [5, 5.41) is 0. The number of esters is 1. The van der Waals surface area contributed by atoms with Crippen LogP contribution in [-0.2, 0) is 4.79 Å². The van der Waals surface area contributed by atoms with Crippen LogP contribution in [0, 0.1) is 13.8 Å². The first-order chi connectivity index (χ1) is 6.54. The molecule has 0 aliphatic rings. The topological polar surface area (TPSA) is 26.3 Å². The Bertz CT molecular complexity index is 335. The highest BCUT2D eigenvalue weighted by Gasteiger charge is 2.08. The smallest absolute Gasteiger partial charge is 0.310 e. The van der Waals surface area contributed by atoms with Gasteiger partial charge in [-0.15, -0.1) is 0 Å². The van der Waals surface area contributed by atoms with Gasteiger partial charge in [0, 0.05) is 10.9 Å². The molecule has 1 aromatic rings. The maximum atomic E-state index is 11.1. The van der Waals surface area contributed by atoms with Crippen LogP contribution in [0.2, 0.25) is 0 Å². The van der Waals surface area contributed by atoms with Gasteiger partial charge in [0.15, 0.2) is 0 Å². The number of hydrogen-bond acceptors (Lipinski definition) is 2. The molecule has 0 heterocycles. The van der Waals surface area contributed by atoms with Gasteiger partial charge < -0.3 is 4.74 Å². The molecule has 0 saturated carbocycles. The number of hydrogen-bond donors (Lipinski definition) is 0. The van der Waals surface area contributed by atoms with Gasteiger partial charge in [0.05, 0.1) is 0 Å². The number of carbonyl (C=O) groups excluding carboxylic acids is 1. The molecule has 3 heteroatoms. The lowest BCUT2D eigenvalue weighted by molar-refractivity contribution is -0.134. The third-order valence-corrected chi connectivity index (χ3v) is 2.39. The lowest BCUT2D eigenvalue weighted by atomic mass is 10.1. The molecule has 0 aliphatic heterocycles. The van der Waals surface area contributed by atoms with E-state index in [9.17, 15) is 4.79 Å². The molecule has 0 radical (unpaired) electrons. The third kappa shape index (κ3) is 2.58. The zero-order valence-electron chi connectivity index (χ0n) is 8.56. The molecule has 0 saturated heterocycles. The van der Waals surface area contributed by atoms with Crippen LogP contribution in [0.1, 0.15) is 24.5 Å². The first kappa shape index (κ1) is 11.2. The Morgan fingerprint density at radius 2 is 1.86 bits per heavy atom. The average molecular weight is 257 g/mol. The monoisotopic (exact) mass is 256 g/mol. The van der Waals surface area contributed by atoms with Gasteiger partial charge in [-0.25, -0.2) is 0 Å². The Balaban J connectivity index is 3.02. The summed E-state index contributed by atoms with van der Waals surface area (Å²) in [6.45, 7) is 5.64. The van der Waals surface area contributed by atoms with Gasteiger partial charge in [-0.3, -0.25) is 4.79 Å². The first-order valence-corrected chi connectivity index (χ1v) is 5.31.